The molecule has 0 spiro atoms. The van der Waals surface area contributed by atoms with Crippen molar-refractivity contribution in [2.45, 2.75) is 19.0 Å². The molecule has 3 heterocycles. The summed E-state index contributed by atoms with van der Waals surface area (Å²) in [4.78, 5) is 13.7. The van der Waals surface area contributed by atoms with Crippen molar-refractivity contribution in [1.82, 2.24) is 20.2 Å². The van der Waals surface area contributed by atoms with E-state index in [1.165, 1.54) is 6.07 Å². The summed E-state index contributed by atoms with van der Waals surface area (Å²) in [5.74, 6) is 1.22. The average molecular weight is 387 g/mol. The van der Waals surface area contributed by atoms with Gasteiger partial charge in [-0.1, -0.05) is 6.07 Å². The van der Waals surface area contributed by atoms with Crippen LogP contribution in [-0.4, -0.2) is 62.3 Å². The van der Waals surface area contributed by atoms with E-state index in [2.05, 4.69) is 25.1 Å². The third kappa shape index (κ3) is 3.38. The van der Waals surface area contributed by atoms with E-state index in [0.29, 0.717) is 30.3 Å². The summed E-state index contributed by atoms with van der Waals surface area (Å²) in [7, 11) is 5.16. The zero-order valence-corrected chi connectivity index (χ0v) is 16.5. The van der Waals surface area contributed by atoms with E-state index in [1.54, 1.807) is 26.4 Å². The highest BCUT2D eigenvalue weighted by Crippen LogP contribution is 2.40. The Labute approximate surface area is 164 Å². The number of halogens is 1. The van der Waals surface area contributed by atoms with E-state index in [0.717, 1.165) is 43.3 Å². The molecule has 150 valence electrons. The van der Waals surface area contributed by atoms with Crippen LogP contribution in [0.4, 0.5) is 10.2 Å². The summed E-state index contributed by atoms with van der Waals surface area (Å²) in [6, 6.07) is 5.14. The highest BCUT2D eigenvalue weighted by atomic mass is 19.1. The largest absolute Gasteiger partial charge is 0.496 e. The fraction of sp³-hybridized carbons (Fsp3) is 0.500. The minimum atomic E-state index is -0.261. The second-order valence-electron chi connectivity index (χ2n) is 7.19. The topological polar surface area (TPSA) is 62.8 Å². The summed E-state index contributed by atoms with van der Waals surface area (Å²) in [5.41, 5.74) is 2.57. The van der Waals surface area contributed by atoms with Gasteiger partial charge in [0, 0.05) is 56.3 Å². The van der Waals surface area contributed by atoms with Crippen molar-refractivity contribution in [2.75, 3.05) is 52.3 Å². The molecule has 1 atom stereocenters. The Hall–Kier alpha value is -2.45. The quantitative estimate of drug-likeness (QED) is 0.858. The zero-order valence-electron chi connectivity index (χ0n) is 16.5. The lowest BCUT2D eigenvalue weighted by Crippen LogP contribution is -2.45. The molecule has 1 aromatic carbocycles. The van der Waals surface area contributed by atoms with E-state index in [9.17, 15) is 4.39 Å². The van der Waals surface area contributed by atoms with Crippen LogP contribution in [0.1, 0.15) is 22.9 Å². The number of nitrogens with zero attached hydrogens (tertiary/aromatic N) is 4. The molecule has 0 radical (unpaired) electrons. The highest BCUT2D eigenvalue weighted by Gasteiger charge is 2.33. The van der Waals surface area contributed by atoms with Crippen molar-refractivity contribution in [3.63, 3.8) is 0 Å². The van der Waals surface area contributed by atoms with E-state index >= 15 is 0 Å². The number of methoxy groups -OCH3 is 2. The molecular weight excluding hydrogens is 361 g/mol. The third-order valence-corrected chi connectivity index (χ3v) is 5.54. The Morgan fingerprint density at radius 2 is 1.93 bits per heavy atom. The van der Waals surface area contributed by atoms with Crippen LogP contribution < -0.4 is 19.7 Å². The fourth-order valence-electron chi connectivity index (χ4n) is 4.10. The van der Waals surface area contributed by atoms with Crippen LogP contribution in [0.25, 0.3) is 0 Å². The smallest absolute Gasteiger partial charge is 0.318 e. The number of anilines is 1. The van der Waals surface area contributed by atoms with Crippen LogP contribution in [0.3, 0.4) is 0 Å². The first-order chi connectivity index (χ1) is 13.6. The van der Waals surface area contributed by atoms with Crippen LogP contribution >= 0.6 is 0 Å². The van der Waals surface area contributed by atoms with Crippen LogP contribution in [0, 0.1) is 5.82 Å². The molecule has 8 heteroatoms. The predicted octanol–water partition coefficient (Wildman–Crippen LogP) is 1.77. The number of ether oxygens (including phenoxy) is 2. The molecule has 7 nitrogen and oxygen atoms in total. The van der Waals surface area contributed by atoms with Gasteiger partial charge in [-0.15, -0.1) is 0 Å². The molecule has 2 aromatic rings. The van der Waals surface area contributed by atoms with Gasteiger partial charge in [0.05, 0.1) is 19.9 Å². The van der Waals surface area contributed by atoms with Crippen LogP contribution in [0.5, 0.6) is 11.8 Å². The lowest BCUT2D eigenvalue weighted by atomic mass is 9.92. The second-order valence-corrected chi connectivity index (χ2v) is 7.19. The van der Waals surface area contributed by atoms with E-state index in [1.807, 2.05) is 7.05 Å². The molecule has 4 rings (SSSR count). The predicted molar refractivity (Wildman–Crippen MR) is 105 cm³/mol. The van der Waals surface area contributed by atoms with Gasteiger partial charge in [-0.25, -0.2) is 4.39 Å². The number of hydrogen-bond donors (Lipinski definition) is 1. The van der Waals surface area contributed by atoms with Gasteiger partial charge < -0.3 is 19.7 Å². The van der Waals surface area contributed by atoms with Crippen molar-refractivity contribution >= 4 is 5.82 Å². The van der Waals surface area contributed by atoms with Crippen molar-refractivity contribution in [3.05, 3.63) is 40.8 Å². The first-order valence-corrected chi connectivity index (χ1v) is 9.54. The Bertz CT molecular complexity index is 857. The molecule has 2 aliphatic heterocycles. The first-order valence-electron chi connectivity index (χ1n) is 9.54. The standard InChI is InChI=1S/C20H26FN5O2/c1-25-12-13-15(11-16(25)18-14(21)5-4-6-17(18)27-2)23-20(28-3)24-19(13)26-9-7-22-8-10-26/h4-6,16,22H,7-12H2,1-3H3. The van der Waals surface area contributed by atoms with Crippen molar-refractivity contribution in [1.29, 1.82) is 0 Å². The molecule has 0 aliphatic carbocycles. The molecule has 2 aliphatic rings. The lowest BCUT2D eigenvalue weighted by molar-refractivity contribution is 0.204. The van der Waals surface area contributed by atoms with Crippen LogP contribution in [0.15, 0.2) is 18.2 Å². The fourth-order valence-corrected chi connectivity index (χ4v) is 4.10. The summed E-state index contributed by atoms with van der Waals surface area (Å²) >= 11 is 0. The summed E-state index contributed by atoms with van der Waals surface area (Å²) in [5, 5.41) is 3.37. The van der Waals surface area contributed by atoms with Gasteiger partial charge >= 0.3 is 6.01 Å². The molecule has 0 amide bonds. The van der Waals surface area contributed by atoms with Gasteiger partial charge in [0.2, 0.25) is 0 Å². The zero-order chi connectivity index (χ0) is 19.7. The molecular formula is C20H26FN5O2. The van der Waals surface area contributed by atoms with Gasteiger partial charge in [0.25, 0.3) is 0 Å². The van der Waals surface area contributed by atoms with Crippen LogP contribution in [0.2, 0.25) is 0 Å². The second kappa shape index (κ2) is 7.89. The van der Waals surface area contributed by atoms with E-state index in [4.69, 9.17) is 9.47 Å². The van der Waals surface area contributed by atoms with Crippen molar-refractivity contribution in [2.24, 2.45) is 0 Å². The molecule has 28 heavy (non-hydrogen) atoms. The SMILES string of the molecule is COc1nc2c(c(N3CCNCC3)n1)CN(C)C(c1c(F)cccc1OC)C2. The average Bonchev–Trinajstić information content (AvgIpc) is 2.73. The summed E-state index contributed by atoms with van der Waals surface area (Å²) in [6.45, 7) is 4.26. The van der Waals surface area contributed by atoms with Gasteiger partial charge in [0.15, 0.2) is 0 Å². The molecule has 1 fully saturated rings. The molecule has 0 saturated carbocycles. The van der Waals surface area contributed by atoms with Crippen LogP contribution in [-0.2, 0) is 13.0 Å². The van der Waals surface area contributed by atoms with Gasteiger partial charge in [-0.05, 0) is 19.2 Å². The van der Waals surface area contributed by atoms with E-state index < -0.39 is 0 Å². The Kier molecular flexibility index (Phi) is 5.32. The molecule has 1 N–H and O–H groups in total. The highest BCUT2D eigenvalue weighted by molar-refractivity contribution is 5.52. The minimum Gasteiger partial charge on any atom is -0.496 e. The Morgan fingerprint density at radius 3 is 2.64 bits per heavy atom. The monoisotopic (exact) mass is 387 g/mol. The van der Waals surface area contributed by atoms with Gasteiger partial charge in [-0.2, -0.15) is 9.97 Å². The Balaban J connectivity index is 1.75. The summed E-state index contributed by atoms with van der Waals surface area (Å²) < 4.78 is 25.5. The van der Waals surface area contributed by atoms with Crippen molar-refractivity contribution in [3.8, 4) is 11.8 Å². The third-order valence-electron chi connectivity index (χ3n) is 5.54. The molecule has 1 saturated heterocycles. The number of piperazine rings is 1. The number of aromatic nitrogens is 2. The Morgan fingerprint density at radius 1 is 1.14 bits per heavy atom. The normalized spacial score (nSPS) is 20.0. The summed E-state index contributed by atoms with van der Waals surface area (Å²) in [6.07, 6.45) is 0.571. The maximum atomic E-state index is 14.7. The molecule has 1 unspecified atom stereocenters. The molecule has 1 aromatic heterocycles. The number of likely N-dealkylation sites (N-methyl/N-ethyl adjacent to an activating group) is 1. The maximum absolute atomic E-state index is 14.7. The number of rotatable bonds is 4. The van der Waals surface area contributed by atoms with Gasteiger partial charge in [-0.3, -0.25) is 4.90 Å². The lowest BCUT2D eigenvalue weighted by Gasteiger charge is -2.37. The number of fused-ring (bicyclic) bond motifs is 1. The number of nitrogens with one attached hydrogen (secondary N) is 1. The van der Waals surface area contributed by atoms with Crippen molar-refractivity contribution < 1.29 is 13.9 Å². The molecule has 0 bridgehead atoms. The number of hydrogen-bond acceptors (Lipinski definition) is 7. The first kappa shape index (κ1) is 18.9. The van der Waals surface area contributed by atoms with E-state index in [-0.39, 0.29) is 11.9 Å². The minimum absolute atomic E-state index is 0.167. The number of benzene rings is 1. The maximum Gasteiger partial charge on any atom is 0.318 e. The van der Waals surface area contributed by atoms with Gasteiger partial charge in [0.1, 0.15) is 17.4 Å².